The molecule has 0 bridgehead atoms. The van der Waals surface area contributed by atoms with Gasteiger partial charge in [-0.3, -0.25) is 4.98 Å². The summed E-state index contributed by atoms with van der Waals surface area (Å²) in [6.07, 6.45) is 14.0. The van der Waals surface area contributed by atoms with E-state index in [1.54, 1.807) is 0 Å². The number of rotatable bonds is 4. The molecule has 4 aliphatic carbocycles. The number of aromatic nitrogens is 1. The van der Waals surface area contributed by atoms with Crippen molar-refractivity contribution in [2.45, 2.75) is 129 Å². The number of fused-ring (bicyclic) bond motifs is 5. The summed E-state index contributed by atoms with van der Waals surface area (Å²) in [7, 11) is -1.72. The molecule has 0 spiro atoms. The highest BCUT2D eigenvalue weighted by molar-refractivity contribution is 6.74. The molecule has 1 heterocycles. The van der Waals surface area contributed by atoms with Crippen molar-refractivity contribution in [3.63, 3.8) is 0 Å². The zero-order chi connectivity index (χ0) is 26.1. The van der Waals surface area contributed by atoms with Crippen LogP contribution in [-0.4, -0.2) is 24.5 Å². The van der Waals surface area contributed by atoms with Gasteiger partial charge in [0.2, 0.25) is 0 Å². The summed E-state index contributed by atoms with van der Waals surface area (Å²) >= 11 is 0. The summed E-state index contributed by atoms with van der Waals surface area (Å²) in [4.78, 5) is 4.60. The lowest BCUT2D eigenvalue weighted by atomic mass is 9.44. The summed E-state index contributed by atoms with van der Waals surface area (Å²) in [6, 6.07) is 6.00. The second-order valence-electron chi connectivity index (χ2n) is 15.5. The van der Waals surface area contributed by atoms with Gasteiger partial charge in [0.25, 0.3) is 0 Å². The summed E-state index contributed by atoms with van der Waals surface area (Å²) in [6.45, 7) is 19.2. The third-order valence-electron chi connectivity index (χ3n) is 12.7. The maximum Gasteiger partial charge on any atom is 0.192 e. The van der Waals surface area contributed by atoms with Crippen molar-refractivity contribution >= 4 is 8.32 Å². The fraction of sp³-hybridized carbons (Fsp3) is 0.844. The molecule has 0 saturated heterocycles. The number of pyridine rings is 1. The fourth-order valence-electron chi connectivity index (χ4n) is 9.68. The Hall–Kier alpha value is -0.713. The Morgan fingerprint density at radius 1 is 0.917 bits per heavy atom. The Labute approximate surface area is 222 Å². The van der Waals surface area contributed by atoms with Gasteiger partial charge in [-0.1, -0.05) is 40.7 Å². The van der Waals surface area contributed by atoms with Gasteiger partial charge in [-0.2, -0.15) is 0 Å². The monoisotopic (exact) mass is 511 g/mol. The van der Waals surface area contributed by atoms with E-state index in [-0.39, 0.29) is 10.5 Å². The molecule has 3 unspecified atom stereocenters. The van der Waals surface area contributed by atoms with Crippen molar-refractivity contribution in [3.05, 3.63) is 30.1 Å². The lowest BCUT2D eigenvalue weighted by molar-refractivity contribution is -0.144. The van der Waals surface area contributed by atoms with Crippen LogP contribution in [0.3, 0.4) is 0 Å². The van der Waals surface area contributed by atoms with Crippen molar-refractivity contribution < 1.29 is 9.53 Å². The van der Waals surface area contributed by atoms with Crippen LogP contribution in [-0.2, 0) is 10.0 Å². The van der Waals surface area contributed by atoms with Crippen molar-refractivity contribution in [2.75, 3.05) is 0 Å². The molecule has 4 aliphatic rings. The minimum atomic E-state index is -1.72. The SMILES string of the molecule is CC(C)(C)[Si](C)(C)O[C@H]1CC[C@]2(C)C3CC[C@@]4(C)C(CC[C@@H]4[C@@](C)(O)c4ccccn4)C3CC[C@H]2C1. The average molecular weight is 512 g/mol. The first-order valence-electron chi connectivity index (χ1n) is 15.0. The molecule has 36 heavy (non-hydrogen) atoms. The van der Waals surface area contributed by atoms with Crippen LogP contribution in [0.5, 0.6) is 0 Å². The Morgan fingerprint density at radius 2 is 1.61 bits per heavy atom. The van der Waals surface area contributed by atoms with E-state index >= 15 is 0 Å². The average Bonchev–Trinajstić information content (AvgIpc) is 3.17. The van der Waals surface area contributed by atoms with Crippen molar-refractivity contribution in [2.24, 2.45) is 40.4 Å². The highest BCUT2D eigenvalue weighted by atomic mass is 28.4. The predicted octanol–water partition coefficient (Wildman–Crippen LogP) is 8.34. The summed E-state index contributed by atoms with van der Waals surface area (Å²) in [5.74, 6) is 3.54. The number of hydrogen-bond donors (Lipinski definition) is 1. The van der Waals surface area contributed by atoms with E-state index in [4.69, 9.17) is 4.43 Å². The first-order chi connectivity index (χ1) is 16.7. The highest BCUT2D eigenvalue weighted by Gasteiger charge is 2.63. The van der Waals surface area contributed by atoms with Crippen molar-refractivity contribution in [1.82, 2.24) is 4.98 Å². The summed E-state index contributed by atoms with van der Waals surface area (Å²) < 4.78 is 6.96. The van der Waals surface area contributed by atoms with E-state index in [9.17, 15) is 5.11 Å². The lowest BCUT2D eigenvalue weighted by Crippen LogP contribution is -2.56. The number of hydrogen-bond acceptors (Lipinski definition) is 3. The molecule has 1 aromatic rings. The molecule has 0 aliphatic heterocycles. The van der Waals surface area contributed by atoms with E-state index < -0.39 is 13.9 Å². The van der Waals surface area contributed by atoms with Gasteiger partial charge in [0, 0.05) is 12.3 Å². The zero-order valence-corrected chi connectivity index (χ0v) is 25.4. The van der Waals surface area contributed by atoms with Crippen molar-refractivity contribution in [3.8, 4) is 0 Å². The Morgan fingerprint density at radius 3 is 2.28 bits per heavy atom. The molecule has 0 aromatic carbocycles. The van der Waals surface area contributed by atoms with Gasteiger partial charge in [-0.05, 0) is 135 Å². The van der Waals surface area contributed by atoms with Crippen molar-refractivity contribution in [1.29, 1.82) is 0 Å². The molecule has 4 saturated carbocycles. The molecule has 5 rings (SSSR count). The van der Waals surface area contributed by atoms with Crippen LogP contribution in [0.25, 0.3) is 0 Å². The fourth-order valence-corrected chi connectivity index (χ4v) is 11.1. The molecule has 4 heteroatoms. The molecule has 4 fully saturated rings. The summed E-state index contributed by atoms with van der Waals surface area (Å²) in [5, 5.41) is 12.1. The molecule has 9 atom stereocenters. The van der Waals surface area contributed by atoms with Crippen LogP contribution in [0.15, 0.2) is 24.4 Å². The molecule has 0 radical (unpaired) electrons. The van der Waals surface area contributed by atoms with Crippen LogP contribution in [0.4, 0.5) is 0 Å². The molecule has 3 nitrogen and oxygen atoms in total. The molecular weight excluding hydrogens is 458 g/mol. The molecule has 202 valence electrons. The third kappa shape index (κ3) is 4.16. The maximum absolute atomic E-state index is 11.8. The van der Waals surface area contributed by atoms with Crippen LogP contribution in [0, 0.1) is 40.4 Å². The number of nitrogens with zero attached hydrogens (tertiary/aromatic N) is 1. The maximum atomic E-state index is 11.8. The van der Waals surface area contributed by atoms with E-state index in [0.717, 1.165) is 35.8 Å². The summed E-state index contributed by atoms with van der Waals surface area (Å²) in [5.41, 5.74) is 0.695. The minimum absolute atomic E-state index is 0.216. The van der Waals surface area contributed by atoms with Gasteiger partial charge in [0.15, 0.2) is 8.32 Å². The quantitative estimate of drug-likeness (QED) is 0.413. The number of aliphatic hydroxyl groups is 1. The lowest BCUT2D eigenvalue weighted by Gasteiger charge is -2.62. The van der Waals surface area contributed by atoms with Crippen LogP contribution in [0.1, 0.15) is 105 Å². The van der Waals surface area contributed by atoms with Crippen LogP contribution < -0.4 is 0 Å². The molecule has 1 N–H and O–H groups in total. The van der Waals surface area contributed by atoms with Gasteiger partial charge in [-0.25, -0.2) is 0 Å². The standard InChI is InChI=1S/C32H53NO2Si/c1-29(2,3)36(7,8)35-23-16-18-30(4)22(21-23)12-13-24-25-14-15-27(31(25,5)19-17-26(24)30)32(6,34)28-11-9-10-20-33-28/h9-11,20,22-27,34H,12-19,21H2,1-8H3/t22-,23-,24?,25?,26?,27-,30-,31-,32+/m0/s1. The first kappa shape index (κ1) is 26.9. The van der Waals surface area contributed by atoms with E-state index in [2.05, 4.69) is 52.7 Å². The molecular formula is C32H53NO2Si. The van der Waals surface area contributed by atoms with Gasteiger partial charge in [-0.15, -0.1) is 0 Å². The molecule has 0 amide bonds. The van der Waals surface area contributed by atoms with E-state index in [0.29, 0.717) is 17.4 Å². The normalized spacial score (nSPS) is 42.7. The smallest absolute Gasteiger partial charge is 0.192 e. The predicted molar refractivity (Wildman–Crippen MR) is 151 cm³/mol. The second-order valence-corrected chi connectivity index (χ2v) is 20.2. The molecule has 1 aromatic heterocycles. The van der Waals surface area contributed by atoms with Gasteiger partial charge in [0.1, 0.15) is 5.60 Å². The third-order valence-corrected chi connectivity index (χ3v) is 17.3. The van der Waals surface area contributed by atoms with Gasteiger partial charge < -0.3 is 9.53 Å². The first-order valence-corrected chi connectivity index (χ1v) is 17.9. The second kappa shape index (κ2) is 8.91. The topological polar surface area (TPSA) is 42.4 Å². The Kier molecular flexibility index (Phi) is 6.65. The zero-order valence-electron chi connectivity index (χ0n) is 24.4. The van der Waals surface area contributed by atoms with Gasteiger partial charge >= 0.3 is 0 Å². The van der Waals surface area contributed by atoms with E-state index in [1.165, 1.54) is 51.4 Å². The van der Waals surface area contributed by atoms with Crippen LogP contribution >= 0.6 is 0 Å². The Balaban J connectivity index is 1.32. The van der Waals surface area contributed by atoms with Crippen LogP contribution in [0.2, 0.25) is 18.1 Å². The Bertz CT molecular complexity index is 939. The highest BCUT2D eigenvalue weighted by Crippen LogP contribution is 2.69. The minimum Gasteiger partial charge on any atom is -0.414 e. The van der Waals surface area contributed by atoms with Gasteiger partial charge in [0.05, 0.1) is 5.69 Å². The largest absolute Gasteiger partial charge is 0.414 e. The van der Waals surface area contributed by atoms with E-state index in [1.807, 2.05) is 31.3 Å².